The van der Waals surface area contributed by atoms with Crippen LogP contribution < -0.4 is 5.32 Å². The molecule has 6 fully saturated rings. The van der Waals surface area contributed by atoms with Crippen molar-refractivity contribution in [1.82, 2.24) is 25.1 Å². The molecule has 5 saturated carbocycles. The van der Waals surface area contributed by atoms with Crippen LogP contribution in [0.2, 0.25) is 0 Å². The quantitative estimate of drug-likeness (QED) is 0.298. The van der Waals surface area contributed by atoms with Crippen LogP contribution in [-0.2, 0) is 16.1 Å². The summed E-state index contributed by atoms with van der Waals surface area (Å²) in [7, 11) is 2.13. The Morgan fingerprint density at radius 1 is 1.00 bits per heavy atom. The minimum atomic E-state index is -0.867. The van der Waals surface area contributed by atoms with Gasteiger partial charge in [-0.25, -0.2) is 0 Å². The fraction of sp³-hybridized carbons (Fsp3) is 0.615. The highest BCUT2D eigenvalue weighted by Crippen LogP contribution is 2.67. The van der Waals surface area contributed by atoms with E-state index in [-0.39, 0.29) is 28.7 Å². The Hall–Kier alpha value is -3.19. The largest absolute Gasteiger partial charge is 0.358 e. The number of likely N-dealkylation sites (tertiary alicyclic amines) is 1. The molecule has 2 aromatic heterocycles. The Labute approximate surface area is 273 Å². The number of aryl methyl sites for hydroxylation is 1. The maximum atomic E-state index is 15.0. The van der Waals surface area contributed by atoms with Crippen molar-refractivity contribution in [3.63, 3.8) is 0 Å². The molecule has 2 amide bonds. The lowest BCUT2D eigenvalue weighted by Crippen LogP contribution is -2.69. The van der Waals surface area contributed by atoms with E-state index in [1.54, 1.807) is 6.20 Å². The molecular formula is C39H51N5O2. The summed E-state index contributed by atoms with van der Waals surface area (Å²) in [6, 6.07) is 12.5. The summed E-state index contributed by atoms with van der Waals surface area (Å²) in [5, 5.41) is 5.01. The minimum absolute atomic E-state index is 0.00718. The van der Waals surface area contributed by atoms with Crippen LogP contribution in [0.15, 0.2) is 48.8 Å². The van der Waals surface area contributed by atoms with Crippen LogP contribution in [0, 0.1) is 36.0 Å². The molecule has 3 heterocycles. The second-order valence-electron chi connectivity index (χ2n) is 16.6. The first kappa shape index (κ1) is 30.2. The van der Waals surface area contributed by atoms with Gasteiger partial charge in [0.25, 0.3) is 0 Å². The third-order valence-corrected chi connectivity index (χ3v) is 13.2. The van der Waals surface area contributed by atoms with Crippen LogP contribution in [0.25, 0.3) is 10.9 Å². The Balaban J connectivity index is 1.12. The summed E-state index contributed by atoms with van der Waals surface area (Å²) in [5.41, 5.74) is 3.72. The molecule has 2 atom stereocenters. The number of pyridine rings is 1. The monoisotopic (exact) mass is 621 g/mol. The van der Waals surface area contributed by atoms with Crippen LogP contribution in [0.4, 0.5) is 0 Å². The van der Waals surface area contributed by atoms with Gasteiger partial charge in [-0.3, -0.25) is 14.6 Å². The average Bonchev–Trinajstić information content (AvgIpc) is 3.36. The van der Waals surface area contributed by atoms with Crippen molar-refractivity contribution in [2.24, 2.45) is 29.1 Å². The van der Waals surface area contributed by atoms with Crippen molar-refractivity contribution in [2.75, 3.05) is 20.1 Å². The van der Waals surface area contributed by atoms with Crippen molar-refractivity contribution < 1.29 is 9.59 Å². The number of nitrogens with one attached hydrogen (secondary N) is 2. The number of H-pyrrole nitrogens is 1. The first-order valence-electron chi connectivity index (χ1n) is 17.8. The summed E-state index contributed by atoms with van der Waals surface area (Å²) >= 11 is 0. The van der Waals surface area contributed by atoms with Gasteiger partial charge in [-0.1, -0.05) is 38.1 Å². The number of rotatable bonds is 8. The number of piperidine rings is 1. The molecule has 4 bridgehead atoms. The second-order valence-corrected chi connectivity index (χ2v) is 16.6. The molecule has 3 aromatic rings. The number of amides is 2. The van der Waals surface area contributed by atoms with Crippen LogP contribution in [0.1, 0.15) is 94.4 Å². The first-order chi connectivity index (χ1) is 22.1. The number of carbonyl (C=O) groups is 2. The van der Waals surface area contributed by atoms with E-state index < -0.39 is 5.54 Å². The molecule has 2 N–H and O–H groups in total. The predicted octanol–water partition coefficient (Wildman–Crippen LogP) is 6.58. The van der Waals surface area contributed by atoms with Crippen molar-refractivity contribution >= 4 is 22.7 Å². The number of aromatic nitrogens is 2. The van der Waals surface area contributed by atoms with E-state index in [9.17, 15) is 9.59 Å². The molecule has 9 rings (SSSR count). The molecule has 0 spiro atoms. The molecule has 0 unspecified atom stereocenters. The van der Waals surface area contributed by atoms with Gasteiger partial charge < -0.3 is 20.1 Å². The van der Waals surface area contributed by atoms with E-state index in [1.807, 2.05) is 23.2 Å². The van der Waals surface area contributed by atoms with Gasteiger partial charge in [-0.2, -0.15) is 0 Å². The summed E-state index contributed by atoms with van der Waals surface area (Å²) in [6.07, 6.45) is 12.7. The van der Waals surface area contributed by atoms with Gasteiger partial charge in [0.1, 0.15) is 5.54 Å². The molecule has 0 radical (unpaired) electrons. The lowest BCUT2D eigenvalue weighted by atomic mass is 9.53. The molecule has 1 aliphatic heterocycles. The van der Waals surface area contributed by atoms with Gasteiger partial charge in [0.05, 0.1) is 0 Å². The van der Waals surface area contributed by atoms with Gasteiger partial charge in [-0.05, 0) is 124 Å². The molecule has 1 saturated heterocycles. The van der Waals surface area contributed by atoms with E-state index in [0.29, 0.717) is 31.7 Å². The molecule has 7 nitrogen and oxygen atoms in total. The van der Waals surface area contributed by atoms with E-state index in [1.165, 1.54) is 35.9 Å². The third-order valence-electron chi connectivity index (χ3n) is 13.2. The number of hydrogen-bond donors (Lipinski definition) is 2. The summed E-state index contributed by atoms with van der Waals surface area (Å²) < 4.78 is 0. The van der Waals surface area contributed by atoms with E-state index in [4.69, 9.17) is 0 Å². The normalized spacial score (nSPS) is 32.4. The fourth-order valence-electron chi connectivity index (χ4n) is 11.1. The number of hydrogen-bond acceptors (Lipinski definition) is 4. The number of fused-ring (bicyclic) bond motifs is 1. The Morgan fingerprint density at radius 3 is 2.33 bits per heavy atom. The number of para-hydroxylation sites is 1. The Kier molecular flexibility index (Phi) is 7.17. The Morgan fingerprint density at radius 2 is 1.67 bits per heavy atom. The molecule has 5 aliphatic carbocycles. The van der Waals surface area contributed by atoms with Gasteiger partial charge in [-0.15, -0.1) is 0 Å². The van der Waals surface area contributed by atoms with Gasteiger partial charge in [0.15, 0.2) is 0 Å². The SMILES string of the molecule is Cc1[nH]c2ccccc2c1[C@H]1[C@@H](CC(=O)N(Cc2cccnc2)C2(C(=O)NC34CC5CC(CC(C5)C3)C4)CCN(C)CC2)C1(C)C. The lowest BCUT2D eigenvalue weighted by Gasteiger charge is -2.58. The zero-order valence-corrected chi connectivity index (χ0v) is 28.1. The highest BCUT2D eigenvalue weighted by molar-refractivity contribution is 5.93. The number of benzene rings is 1. The smallest absolute Gasteiger partial charge is 0.246 e. The fourth-order valence-corrected chi connectivity index (χ4v) is 11.1. The van der Waals surface area contributed by atoms with Crippen molar-refractivity contribution in [3.8, 4) is 0 Å². The van der Waals surface area contributed by atoms with Crippen molar-refractivity contribution in [1.29, 1.82) is 0 Å². The zero-order valence-electron chi connectivity index (χ0n) is 28.1. The third kappa shape index (κ3) is 4.99. The molecule has 46 heavy (non-hydrogen) atoms. The van der Waals surface area contributed by atoms with Gasteiger partial charge in [0.2, 0.25) is 11.8 Å². The first-order valence-corrected chi connectivity index (χ1v) is 17.8. The summed E-state index contributed by atoms with van der Waals surface area (Å²) in [6.45, 7) is 8.81. The molecule has 6 aliphatic rings. The highest BCUT2D eigenvalue weighted by atomic mass is 16.2. The highest BCUT2D eigenvalue weighted by Gasteiger charge is 2.61. The molecule has 1 aromatic carbocycles. The standard InChI is InChI=1S/C39H51N5O2/c1-25-34(30-9-5-6-10-32(30)41-25)35-31(37(35,2)3)19-33(45)44(24-26-8-7-13-40-23-26)39(11-14-43(4)15-12-39)36(46)42-38-20-27-16-28(21-38)18-29(17-27)22-38/h5-10,13,23,27-29,31,35,41H,11-12,14-22,24H2,1-4H3,(H,42,46)/t27?,28?,29?,31-,35-,38?/m1/s1. The lowest BCUT2D eigenvalue weighted by molar-refractivity contribution is -0.155. The second kappa shape index (κ2) is 10.9. The van der Waals surface area contributed by atoms with E-state index >= 15 is 0 Å². The minimum Gasteiger partial charge on any atom is -0.358 e. The van der Waals surface area contributed by atoms with Crippen LogP contribution in [-0.4, -0.2) is 62.8 Å². The van der Waals surface area contributed by atoms with Gasteiger partial charge >= 0.3 is 0 Å². The molecule has 7 heteroatoms. The van der Waals surface area contributed by atoms with Gasteiger partial charge in [0, 0.05) is 60.6 Å². The summed E-state index contributed by atoms with van der Waals surface area (Å²) in [4.78, 5) is 42.2. The Bertz CT molecular complexity index is 1600. The van der Waals surface area contributed by atoms with Crippen molar-refractivity contribution in [2.45, 2.75) is 102 Å². The zero-order chi connectivity index (χ0) is 31.8. The van der Waals surface area contributed by atoms with Crippen LogP contribution >= 0.6 is 0 Å². The van der Waals surface area contributed by atoms with Crippen molar-refractivity contribution in [3.05, 3.63) is 65.6 Å². The van der Waals surface area contributed by atoms with E-state index in [0.717, 1.165) is 61.2 Å². The number of carbonyl (C=O) groups excluding carboxylic acids is 2. The van der Waals surface area contributed by atoms with Crippen LogP contribution in [0.3, 0.4) is 0 Å². The maximum absolute atomic E-state index is 15.0. The number of nitrogens with zero attached hydrogens (tertiary/aromatic N) is 3. The molecule has 244 valence electrons. The maximum Gasteiger partial charge on any atom is 0.246 e. The van der Waals surface area contributed by atoms with E-state index in [2.05, 4.69) is 72.3 Å². The number of aromatic amines is 1. The summed E-state index contributed by atoms with van der Waals surface area (Å²) in [5.74, 6) is 2.94. The van der Waals surface area contributed by atoms with Crippen LogP contribution in [0.5, 0.6) is 0 Å². The average molecular weight is 622 g/mol. The molecular weight excluding hydrogens is 570 g/mol. The topological polar surface area (TPSA) is 81.3 Å². The predicted molar refractivity (Wildman–Crippen MR) is 181 cm³/mol.